The first-order valence-corrected chi connectivity index (χ1v) is 7.73. The lowest BCUT2D eigenvalue weighted by atomic mass is 9.67. The fraction of sp³-hybridized carbons (Fsp3) is 0.500. The molecule has 0 heterocycles. The lowest BCUT2D eigenvalue weighted by molar-refractivity contribution is -0.131. The Balaban J connectivity index is 1.79. The number of fused-ring (bicyclic) bond motifs is 1. The summed E-state index contributed by atoms with van der Waals surface area (Å²) in [7, 11) is 0. The van der Waals surface area contributed by atoms with E-state index in [2.05, 4.69) is 23.5 Å². The molecule has 0 bridgehead atoms. The largest absolute Gasteiger partial charge is 0.392 e. The molecular formula is C16H20N2OS. The van der Waals surface area contributed by atoms with Crippen molar-refractivity contribution in [1.82, 2.24) is 5.32 Å². The van der Waals surface area contributed by atoms with Gasteiger partial charge in [0.05, 0.1) is 16.4 Å². The first-order valence-electron chi connectivity index (χ1n) is 7.32. The van der Waals surface area contributed by atoms with Gasteiger partial charge in [0.2, 0.25) is 5.91 Å². The van der Waals surface area contributed by atoms with Crippen molar-refractivity contribution < 1.29 is 4.79 Å². The van der Waals surface area contributed by atoms with Crippen molar-refractivity contribution in [2.45, 2.75) is 44.6 Å². The van der Waals surface area contributed by atoms with Gasteiger partial charge in [-0.15, -0.1) is 0 Å². The third-order valence-corrected chi connectivity index (χ3v) is 5.18. The van der Waals surface area contributed by atoms with Gasteiger partial charge < -0.3 is 11.1 Å². The number of benzene rings is 1. The molecule has 2 aliphatic carbocycles. The molecule has 3 N–H and O–H groups in total. The molecule has 0 spiro atoms. The van der Waals surface area contributed by atoms with E-state index in [9.17, 15) is 4.79 Å². The maximum absolute atomic E-state index is 12.6. The van der Waals surface area contributed by atoms with E-state index in [-0.39, 0.29) is 11.9 Å². The van der Waals surface area contributed by atoms with Crippen molar-refractivity contribution in [2.24, 2.45) is 11.1 Å². The Bertz CT molecular complexity index is 551. The molecule has 106 valence electrons. The standard InChI is InChI=1S/C16H20N2OS/c17-14(20)16(9-4-10-16)15(19)18-13-8-3-6-11-5-1-2-7-12(11)13/h1-2,5,7,13H,3-4,6,8-10H2,(H2,17,20)(H,18,19). The first-order chi connectivity index (χ1) is 9.63. The zero-order chi connectivity index (χ0) is 14.2. The van der Waals surface area contributed by atoms with Crippen LogP contribution in [0.25, 0.3) is 0 Å². The molecule has 1 unspecified atom stereocenters. The van der Waals surface area contributed by atoms with Crippen LogP contribution in [0.5, 0.6) is 0 Å². The summed E-state index contributed by atoms with van der Waals surface area (Å²) in [4.78, 5) is 12.9. The van der Waals surface area contributed by atoms with E-state index in [0.29, 0.717) is 4.99 Å². The molecule has 1 fully saturated rings. The molecule has 1 saturated carbocycles. The summed E-state index contributed by atoms with van der Waals surface area (Å²) < 4.78 is 0. The molecule has 0 aliphatic heterocycles. The maximum Gasteiger partial charge on any atom is 0.233 e. The smallest absolute Gasteiger partial charge is 0.233 e. The number of rotatable bonds is 3. The molecule has 1 amide bonds. The third kappa shape index (κ3) is 2.12. The number of hydrogen-bond acceptors (Lipinski definition) is 2. The Hall–Kier alpha value is -1.42. The Morgan fingerprint density at radius 2 is 2.05 bits per heavy atom. The van der Waals surface area contributed by atoms with Crippen molar-refractivity contribution in [1.29, 1.82) is 0 Å². The molecule has 20 heavy (non-hydrogen) atoms. The second kappa shape index (κ2) is 5.17. The number of nitrogens with one attached hydrogen (secondary N) is 1. The van der Waals surface area contributed by atoms with Crippen molar-refractivity contribution in [2.75, 3.05) is 0 Å². The SMILES string of the molecule is NC(=S)C1(C(=O)NC2CCCc3ccccc32)CCC1. The van der Waals surface area contributed by atoms with Crippen LogP contribution in [0.15, 0.2) is 24.3 Å². The first kappa shape index (κ1) is 13.6. The summed E-state index contributed by atoms with van der Waals surface area (Å²) in [5.74, 6) is 0.0259. The molecule has 2 aliphatic rings. The van der Waals surface area contributed by atoms with Crippen molar-refractivity contribution in [3.05, 3.63) is 35.4 Å². The van der Waals surface area contributed by atoms with E-state index < -0.39 is 5.41 Å². The summed E-state index contributed by atoms with van der Waals surface area (Å²) in [6, 6.07) is 8.48. The molecule has 1 aromatic carbocycles. The highest BCUT2D eigenvalue weighted by Gasteiger charge is 2.47. The Labute approximate surface area is 124 Å². The number of amides is 1. The zero-order valence-corrected chi connectivity index (χ0v) is 12.3. The number of aryl methyl sites for hydroxylation is 1. The van der Waals surface area contributed by atoms with Crippen molar-refractivity contribution in [3.8, 4) is 0 Å². The van der Waals surface area contributed by atoms with Crippen LogP contribution in [0.3, 0.4) is 0 Å². The van der Waals surface area contributed by atoms with Gasteiger partial charge in [0.25, 0.3) is 0 Å². The van der Waals surface area contributed by atoms with Gasteiger partial charge in [0.1, 0.15) is 0 Å². The summed E-state index contributed by atoms with van der Waals surface area (Å²) in [6.45, 7) is 0. The van der Waals surface area contributed by atoms with Crippen molar-refractivity contribution >= 4 is 23.1 Å². The van der Waals surface area contributed by atoms with Gasteiger partial charge in [-0.05, 0) is 43.2 Å². The number of carbonyl (C=O) groups excluding carboxylic acids is 1. The van der Waals surface area contributed by atoms with Gasteiger partial charge >= 0.3 is 0 Å². The van der Waals surface area contributed by atoms with Crippen LogP contribution < -0.4 is 11.1 Å². The zero-order valence-electron chi connectivity index (χ0n) is 11.5. The Kier molecular flexibility index (Phi) is 3.50. The highest BCUT2D eigenvalue weighted by atomic mass is 32.1. The van der Waals surface area contributed by atoms with Crippen LogP contribution in [-0.2, 0) is 11.2 Å². The fourth-order valence-electron chi connectivity index (χ4n) is 3.32. The second-order valence-corrected chi connectivity index (χ2v) is 6.36. The molecule has 0 radical (unpaired) electrons. The summed E-state index contributed by atoms with van der Waals surface area (Å²) >= 11 is 5.12. The van der Waals surface area contributed by atoms with E-state index >= 15 is 0 Å². The maximum atomic E-state index is 12.6. The third-order valence-electron chi connectivity index (χ3n) is 4.79. The Morgan fingerprint density at radius 3 is 2.70 bits per heavy atom. The molecule has 1 aromatic rings. The molecule has 0 saturated heterocycles. The van der Waals surface area contributed by atoms with Crippen LogP contribution in [0.1, 0.15) is 49.3 Å². The minimum Gasteiger partial charge on any atom is -0.392 e. The van der Waals surface area contributed by atoms with Gasteiger partial charge in [-0.25, -0.2) is 0 Å². The quantitative estimate of drug-likeness (QED) is 0.841. The molecule has 0 aromatic heterocycles. The van der Waals surface area contributed by atoms with E-state index in [1.54, 1.807) is 0 Å². The highest BCUT2D eigenvalue weighted by Crippen LogP contribution is 2.42. The number of nitrogens with two attached hydrogens (primary N) is 1. The molecule has 3 rings (SSSR count). The highest BCUT2D eigenvalue weighted by molar-refractivity contribution is 7.80. The average molecular weight is 288 g/mol. The lowest BCUT2D eigenvalue weighted by Gasteiger charge is -2.40. The summed E-state index contributed by atoms with van der Waals surface area (Å²) in [6.07, 6.45) is 5.83. The normalized spacial score (nSPS) is 23.3. The van der Waals surface area contributed by atoms with Crippen LogP contribution in [0.4, 0.5) is 0 Å². The van der Waals surface area contributed by atoms with E-state index in [4.69, 9.17) is 18.0 Å². The predicted octanol–water partition coefficient (Wildman–Crippen LogP) is 2.64. The summed E-state index contributed by atoms with van der Waals surface area (Å²) in [5, 5.41) is 3.19. The predicted molar refractivity (Wildman–Crippen MR) is 83.3 cm³/mol. The Morgan fingerprint density at radius 1 is 1.30 bits per heavy atom. The van der Waals surface area contributed by atoms with E-state index in [1.807, 2.05) is 6.07 Å². The van der Waals surface area contributed by atoms with Gasteiger partial charge in [-0.3, -0.25) is 4.79 Å². The van der Waals surface area contributed by atoms with Gasteiger partial charge in [0, 0.05) is 0 Å². The monoisotopic (exact) mass is 288 g/mol. The van der Waals surface area contributed by atoms with Crippen LogP contribution >= 0.6 is 12.2 Å². The van der Waals surface area contributed by atoms with Gasteiger partial charge in [-0.1, -0.05) is 42.9 Å². The number of carbonyl (C=O) groups is 1. The molecule has 1 atom stereocenters. The molecular weight excluding hydrogens is 268 g/mol. The molecule has 4 heteroatoms. The van der Waals surface area contributed by atoms with Gasteiger partial charge in [0.15, 0.2) is 0 Å². The number of hydrogen-bond donors (Lipinski definition) is 2. The fourth-order valence-corrected chi connectivity index (χ4v) is 3.61. The van der Waals surface area contributed by atoms with E-state index in [1.165, 1.54) is 11.1 Å². The van der Waals surface area contributed by atoms with Gasteiger partial charge in [-0.2, -0.15) is 0 Å². The van der Waals surface area contributed by atoms with Crippen LogP contribution in [-0.4, -0.2) is 10.9 Å². The summed E-state index contributed by atoms with van der Waals surface area (Å²) in [5.41, 5.74) is 7.83. The second-order valence-electron chi connectivity index (χ2n) is 5.92. The minimum absolute atomic E-state index is 0.0259. The average Bonchev–Trinajstić information content (AvgIpc) is 2.37. The number of thiocarbonyl (C=S) groups is 1. The topological polar surface area (TPSA) is 55.1 Å². The van der Waals surface area contributed by atoms with Crippen LogP contribution in [0.2, 0.25) is 0 Å². The van der Waals surface area contributed by atoms with Crippen LogP contribution in [0, 0.1) is 5.41 Å². The van der Waals surface area contributed by atoms with Crippen molar-refractivity contribution in [3.63, 3.8) is 0 Å². The lowest BCUT2D eigenvalue weighted by Crippen LogP contribution is -2.53. The van der Waals surface area contributed by atoms with E-state index in [0.717, 1.165) is 38.5 Å². The minimum atomic E-state index is -0.582. The molecule has 3 nitrogen and oxygen atoms in total.